The largest absolute Gasteiger partial charge is 0.378 e. The number of amides is 3. The number of benzene rings is 1. The molecule has 1 aliphatic heterocycles. The number of nitrogens with zero attached hydrogens (tertiary/aromatic N) is 3. The number of rotatable bonds is 9. The van der Waals surface area contributed by atoms with Crippen molar-refractivity contribution in [3.63, 3.8) is 0 Å². The zero-order valence-electron chi connectivity index (χ0n) is 23.0. The Hall–Kier alpha value is -2.90. The van der Waals surface area contributed by atoms with Crippen LogP contribution < -0.4 is 10.2 Å². The lowest BCUT2D eigenvalue weighted by atomic mass is 9.99. The van der Waals surface area contributed by atoms with Gasteiger partial charge in [-0.05, 0) is 55.9 Å². The van der Waals surface area contributed by atoms with Crippen LogP contribution in [0.4, 0.5) is 5.69 Å². The van der Waals surface area contributed by atoms with Gasteiger partial charge in [-0.15, -0.1) is 0 Å². The van der Waals surface area contributed by atoms with Gasteiger partial charge in [0, 0.05) is 43.9 Å². The van der Waals surface area contributed by atoms with Crippen LogP contribution in [0.1, 0.15) is 70.7 Å². The first kappa shape index (κ1) is 29.3. The SMILES string of the molecule is CCC(C)C(=O)N1CC(=O)CN(C(=O)[C@H](CC(C)C)NC(=O)c2ccc(N(C)C)cc2)CC[C@@H]1CC. The van der Waals surface area contributed by atoms with Gasteiger partial charge < -0.3 is 20.0 Å². The van der Waals surface area contributed by atoms with Crippen LogP contribution in [0.15, 0.2) is 24.3 Å². The Kier molecular flexibility index (Phi) is 10.9. The smallest absolute Gasteiger partial charge is 0.251 e. The van der Waals surface area contributed by atoms with Gasteiger partial charge in [0.2, 0.25) is 11.8 Å². The Labute approximate surface area is 216 Å². The van der Waals surface area contributed by atoms with Gasteiger partial charge in [-0.1, -0.05) is 34.6 Å². The van der Waals surface area contributed by atoms with Gasteiger partial charge in [0.15, 0.2) is 5.78 Å². The van der Waals surface area contributed by atoms with Crippen molar-refractivity contribution in [2.24, 2.45) is 11.8 Å². The number of hydrogen-bond donors (Lipinski definition) is 1. The minimum Gasteiger partial charge on any atom is -0.378 e. The quantitative estimate of drug-likeness (QED) is 0.562. The molecule has 1 saturated heterocycles. The second-order valence-electron chi connectivity index (χ2n) is 10.5. The molecular weight excluding hydrogens is 456 g/mol. The molecule has 1 heterocycles. The fourth-order valence-corrected chi connectivity index (χ4v) is 4.52. The van der Waals surface area contributed by atoms with E-state index in [0.29, 0.717) is 31.4 Å². The third-order valence-electron chi connectivity index (χ3n) is 6.94. The average molecular weight is 501 g/mol. The Bertz CT molecular complexity index is 913. The van der Waals surface area contributed by atoms with Crippen molar-refractivity contribution < 1.29 is 19.2 Å². The highest BCUT2D eigenvalue weighted by molar-refractivity contribution is 5.98. The molecule has 200 valence electrons. The first-order chi connectivity index (χ1) is 17.0. The minimum absolute atomic E-state index is 0.00251. The molecule has 1 fully saturated rings. The second kappa shape index (κ2) is 13.4. The van der Waals surface area contributed by atoms with E-state index in [1.807, 2.05) is 65.7 Å². The van der Waals surface area contributed by atoms with Gasteiger partial charge in [0.1, 0.15) is 6.04 Å². The predicted octanol–water partition coefficient (Wildman–Crippen LogP) is 3.35. The van der Waals surface area contributed by atoms with E-state index in [1.54, 1.807) is 21.9 Å². The number of nitrogens with one attached hydrogen (secondary N) is 1. The lowest BCUT2D eigenvalue weighted by Gasteiger charge is -2.38. The molecule has 1 aromatic carbocycles. The average Bonchev–Trinajstić information content (AvgIpc) is 2.84. The van der Waals surface area contributed by atoms with Crippen LogP contribution >= 0.6 is 0 Å². The minimum atomic E-state index is -0.726. The topological polar surface area (TPSA) is 90.0 Å². The van der Waals surface area contributed by atoms with Crippen LogP contribution in [0.5, 0.6) is 0 Å². The van der Waals surface area contributed by atoms with Gasteiger partial charge in [-0.25, -0.2) is 0 Å². The first-order valence-electron chi connectivity index (χ1n) is 13.2. The number of hydrogen-bond acceptors (Lipinski definition) is 5. The van der Waals surface area contributed by atoms with Crippen molar-refractivity contribution in [3.05, 3.63) is 29.8 Å². The zero-order valence-corrected chi connectivity index (χ0v) is 23.0. The summed E-state index contributed by atoms with van der Waals surface area (Å²) in [4.78, 5) is 57.7. The zero-order chi connectivity index (χ0) is 27.0. The van der Waals surface area contributed by atoms with E-state index in [4.69, 9.17) is 0 Å². The summed E-state index contributed by atoms with van der Waals surface area (Å²) >= 11 is 0. The van der Waals surface area contributed by atoms with Gasteiger partial charge in [0.05, 0.1) is 13.1 Å². The van der Waals surface area contributed by atoms with Crippen molar-refractivity contribution in [2.45, 2.75) is 72.4 Å². The van der Waals surface area contributed by atoms with Crippen LogP contribution in [0.25, 0.3) is 0 Å². The standard InChI is InChI=1S/C28H44N4O4/c1-8-20(5)27(35)32-18-24(33)17-31(15-14-22(32)9-2)28(36)25(16-19(3)4)29-26(34)21-10-12-23(13-11-21)30(6)7/h10-13,19-20,22,25H,8-9,14-18H2,1-7H3,(H,29,34)/t20?,22-,25-/m0/s1. The first-order valence-corrected chi connectivity index (χ1v) is 13.2. The molecule has 0 bridgehead atoms. The maximum Gasteiger partial charge on any atom is 0.251 e. The summed E-state index contributed by atoms with van der Waals surface area (Å²) in [6.07, 6.45) is 2.51. The molecule has 0 radical (unpaired) electrons. The molecule has 8 heteroatoms. The normalized spacial score (nSPS) is 18.3. The van der Waals surface area contributed by atoms with Gasteiger partial charge >= 0.3 is 0 Å². The van der Waals surface area contributed by atoms with Gasteiger partial charge in [-0.3, -0.25) is 19.2 Å². The van der Waals surface area contributed by atoms with E-state index < -0.39 is 6.04 Å². The fraction of sp³-hybridized carbons (Fsp3) is 0.643. The van der Waals surface area contributed by atoms with E-state index in [0.717, 1.165) is 12.1 Å². The number of Topliss-reactive ketones (excluding diaryl/α,β-unsaturated/α-hetero) is 1. The maximum atomic E-state index is 13.6. The van der Waals surface area contributed by atoms with Crippen LogP contribution in [0.2, 0.25) is 0 Å². The van der Waals surface area contributed by atoms with E-state index in [-0.39, 0.29) is 54.5 Å². The monoisotopic (exact) mass is 500 g/mol. The van der Waals surface area contributed by atoms with E-state index in [1.165, 1.54) is 0 Å². The predicted molar refractivity (Wildman–Crippen MR) is 143 cm³/mol. The summed E-state index contributed by atoms with van der Waals surface area (Å²) in [5.74, 6) is -0.676. The Morgan fingerprint density at radius 3 is 2.19 bits per heavy atom. The summed E-state index contributed by atoms with van der Waals surface area (Å²) in [5.41, 5.74) is 1.46. The molecule has 3 atom stereocenters. The molecule has 1 unspecified atom stereocenters. The molecule has 3 amide bonds. The fourth-order valence-electron chi connectivity index (χ4n) is 4.52. The number of anilines is 1. The molecular formula is C28H44N4O4. The number of carbonyl (C=O) groups excluding carboxylic acids is 4. The molecule has 0 spiro atoms. The van der Waals surface area contributed by atoms with E-state index >= 15 is 0 Å². The molecule has 8 nitrogen and oxygen atoms in total. The summed E-state index contributed by atoms with van der Waals surface area (Å²) in [5, 5.41) is 2.92. The van der Waals surface area contributed by atoms with Crippen LogP contribution in [-0.4, -0.2) is 79.1 Å². The highest BCUT2D eigenvalue weighted by Gasteiger charge is 2.34. The van der Waals surface area contributed by atoms with Gasteiger partial charge in [-0.2, -0.15) is 0 Å². The van der Waals surface area contributed by atoms with Crippen molar-refractivity contribution in [2.75, 3.05) is 38.6 Å². The van der Waals surface area contributed by atoms with E-state index in [9.17, 15) is 19.2 Å². The van der Waals surface area contributed by atoms with Crippen LogP contribution in [-0.2, 0) is 14.4 Å². The van der Waals surface area contributed by atoms with Crippen LogP contribution in [0.3, 0.4) is 0 Å². The lowest BCUT2D eigenvalue weighted by molar-refractivity contribution is -0.145. The lowest BCUT2D eigenvalue weighted by Crippen LogP contribution is -2.55. The van der Waals surface area contributed by atoms with Crippen molar-refractivity contribution in [1.82, 2.24) is 15.1 Å². The summed E-state index contributed by atoms with van der Waals surface area (Å²) in [6.45, 7) is 10.2. The summed E-state index contributed by atoms with van der Waals surface area (Å²) < 4.78 is 0. The maximum absolute atomic E-state index is 13.6. The number of ketones is 1. The molecule has 1 aromatic rings. The molecule has 0 aromatic heterocycles. The van der Waals surface area contributed by atoms with Crippen molar-refractivity contribution in [1.29, 1.82) is 0 Å². The molecule has 36 heavy (non-hydrogen) atoms. The summed E-state index contributed by atoms with van der Waals surface area (Å²) in [7, 11) is 3.86. The van der Waals surface area contributed by atoms with Crippen LogP contribution in [0, 0.1) is 11.8 Å². The highest BCUT2D eigenvalue weighted by Crippen LogP contribution is 2.19. The molecule has 2 rings (SSSR count). The Morgan fingerprint density at radius 1 is 1.03 bits per heavy atom. The molecule has 1 aliphatic rings. The third kappa shape index (κ3) is 7.80. The highest BCUT2D eigenvalue weighted by atomic mass is 16.2. The molecule has 0 saturated carbocycles. The molecule has 1 N–H and O–H groups in total. The Balaban J connectivity index is 2.18. The van der Waals surface area contributed by atoms with Crippen molar-refractivity contribution in [3.8, 4) is 0 Å². The van der Waals surface area contributed by atoms with Crippen molar-refractivity contribution >= 4 is 29.2 Å². The van der Waals surface area contributed by atoms with Gasteiger partial charge in [0.25, 0.3) is 5.91 Å². The van der Waals surface area contributed by atoms with E-state index in [2.05, 4.69) is 5.32 Å². The Morgan fingerprint density at radius 2 is 1.67 bits per heavy atom. The molecule has 0 aliphatic carbocycles. The second-order valence-corrected chi connectivity index (χ2v) is 10.5. The number of carbonyl (C=O) groups is 4. The third-order valence-corrected chi connectivity index (χ3v) is 6.94. The summed E-state index contributed by atoms with van der Waals surface area (Å²) in [6, 6.07) is 6.40.